The molecule has 1 unspecified atom stereocenters. The van der Waals surface area contributed by atoms with Crippen molar-refractivity contribution in [3.8, 4) is 0 Å². The highest BCUT2D eigenvalue weighted by Crippen LogP contribution is 2.14. The first-order valence-electron chi connectivity index (χ1n) is 9.51. The molecule has 7 nitrogen and oxygen atoms in total. The molecular weight excluding hydrogens is 360 g/mol. The van der Waals surface area contributed by atoms with Crippen LogP contribution < -0.4 is 10.6 Å². The summed E-state index contributed by atoms with van der Waals surface area (Å²) in [4.78, 5) is 37.1. The van der Waals surface area contributed by atoms with Crippen molar-refractivity contribution in [2.45, 2.75) is 65.1 Å². The molecule has 1 aromatic carbocycles. The van der Waals surface area contributed by atoms with Crippen LogP contribution in [0.4, 0.5) is 4.79 Å². The van der Waals surface area contributed by atoms with Crippen molar-refractivity contribution in [3.05, 3.63) is 35.9 Å². The molecule has 0 saturated carbocycles. The monoisotopic (exact) mass is 392 g/mol. The molecule has 0 fully saturated rings. The third-order valence-electron chi connectivity index (χ3n) is 4.53. The van der Waals surface area contributed by atoms with E-state index in [0.717, 1.165) is 5.56 Å². The quantitative estimate of drug-likeness (QED) is 0.630. The summed E-state index contributed by atoms with van der Waals surface area (Å²) in [5.41, 5.74) is 0.251. The Labute approximate surface area is 167 Å². The van der Waals surface area contributed by atoms with E-state index in [0.29, 0.717) is 6.42 Å². The molecule has 0 aromatic heterocycles. The molecule has 2 atom stereocenters. The number of alkyl carbamates (subject to hydrolysis) is 1. The minimum atomic E-state index is -0.856. The third-order valence-corrected chi connectivity index (χ3v) is 4.53. The number of nitrogens with one attached hydrogen (secondary N) is 2. The number of amides is 2. The lowest BCUT2D eigenvalue weighted by molar-refractivity contribution is -0.145. The zero-order valence-corrected chi connectivity index (χ0v) is 17.6. The van der Waals surface area contributed by atoms with E-state index >= 15 is 0 Å². The van der Waals surface area contributed by atoms with Gasteiger partial charge < -0.3 is 20.1 Å². The summed E-state index contributed by atoms with van der Waals surface area (Å²) in [6, 6.07) is 7.62. The first kappa shape index (κ1) is 23.5. The summed E-state index contributed by atoms with van der Waals surface area (Å²) in [6.45, 7) is 9.11. The number of esters is 1. The Morgan fingerprint density at radius 1 is 1.07 bits per heavy atom. The molecule has 2 N–H and O–H groups in total. The Balaban J connectivity index is 2.86. The Hall–Kier alpha value is -2.57. The molecule has 7 heteroatoms. The Morgan fingerprint density at radius 2 is 1.68 bits per heavy atom. The van der Waals surface area contributed by atoms with E-state index in [4.69, 9.17) is 9.47 Å². The van der Waals surface area contributed by atoms with Gasteiger partial charge in [-0.1, -0.05) is 51.1 Å². The average molecular weight is 392 g/mol. The van der Waals surface area contributed by atoms with Crippen LogP contribution in [0.1, 0.15) is 46.6 Å². The number of ether oxygens (including phenoxy) is 2. The molecule has 0 radical (unpaired) electrons. The van der Waals surface area contributed by atoms with Crippen molar-refractivity contribution in [2.75, 3.05) is 7.11 Å². The molecule has 2 amide bonds. The van der Waals surface area contributed by atoms with Crippen molar-refractivity contribution >= 4 is 18.0 Å². The maximum Gasteiger partial charge on any atom is 0.408 e. The minimum Gasteiger partial charge on any atom is -0.467 e. The van der Waals surface area contributed by atoms with Crippen LogP contribution in [0.15, 0.2) is 30.3 Å². The summed E-state index contributed by atoms with van der Waals surface area (Å²) < 4.78 is 10.2. The van der Waals surface area contributed by atoms with Gasteiger partial charge in [-0.25, -0.2) is 9.59 Å². The minimum absolute atomic E-state index is 0.202. The highest BCUT2D eigenvalue weighted by atomic mass is 16.6. The SMILES string of the molecule is CCC(C)(C)OC(=O)NC(C(=O)N[C@@H](Cc1ccccc1)C(=O)OC)C(C)C. The van der Waals surface area contributed by atoms with Crippen molar-refractivity contribution in [2.24, 2.45) is 5.92 Å². The van der Waals surface area contributed by atoms with Gasteiger partial charge in [0.1, 0.15) is 17.7 Å². The summed E-state index contributed by atoms with van der Waals surface area (Å²) in [5.74, 6) is -1.21. The Morgan fingerprint density at radius 3 is 2.18 bits per heavy atom. The number of carbonyl (C=O) groups is 3. The zero-order chi connectivity index (χ0) is 21.3. The summed E-state index contributed by atoms with van der Waals surface area (Å²) in [5, 5.41) is 5.30. The predicted molar refractivity (Wildman–Crippen MR) is 107 cm³/mol. The van der Waals surface area contributed by atoms with E-state index in [2.05, 4.69) is 10.6 Å². The molecule has 28 heavy (non-hydrogen) atoms. The van der Waals surface area contributed by atoms with Gasteiger partial charge in [-0.15, -0.1) is 0 Å². The lowest BCUT2D eigenvalue weighted by Gasteiger charge is -2.28. The van der Waals surface area contributed by atoms with Crippen LogP contribution in [-0.4, -0.2) is 42.8 Å². The standard InChI is InChI=1S/C21H32N2O5/c1-7-21(4,5)28-20(26)23-17(14(2)3)18(24)22-16(19(25)27-6)13-15-11-9-8-10-12-15/h8-12,14,16-17H,7,13H2,1-6H3,(H,22,24)(H,23,26)/t16-,17?/m0/s1. The normalized spacial score (nSPS) is 13.4. The van der Waals surface area contributed by atoms with E-state index in [1.807, 2.05) is 37.3 Å². The lowest BCUT2D eigenvalue weighted by atomic mass is 10.0. The smallest absolute Gasteiger partial charge is 0.408 e. The van der Waals surface area contributed by atoms with Crippen molar-refractivity contribution in [1.82, 2.24) is 10.6 Å². The van der Waals surface area contributed by atoms with Crippen molar-refractivity contribution in [3.63, 3.8) is 0 Å². The van der Waals surface area contributed by atoms with Crippen LogP contribution in [0, 0.1) is 5.92 Å². The average Bonchev–Trinajstić information content (AvgIpc) is 2.65. The third kappa shape index (κ3) is 7.58. The number of methoxy groups -OCH3 is 1. The fourth-order valence-corrected chi connectivity index (χ4v) is 2.46. The van der Waals surface area contributed by atoms with Crippen LogP contribution in [0.25, 0.3) is 0 Å². The van der Waals surface area contributed by atoms with E-state index < -0.39 is 35.7 Å². The number of carbonyl (C=O) groups excluding carboxylic acids is 3. The molecule has 0 aliphatic heterocycles. The van der Waals surface area contributed by atoms with Crippen LogP contribution in [0.3, 0.4) is 0 Å². The van der Waals surface area contributed by atoms with E-state index in [9.17, 15) is 14.4 Å². The van der Waals surface area contributed by atoms with E-state index in [1.54, 1.807) is 27.7 Å². The molecule has 1 aromatic rings. The van der Waals surface area contributed by atoms with Gasteiger partial charge in [0.25, 0.3) is 0 Å². The van der Waals surface area contributed by atoms with E-state index in [1.165, 1.54) is 7.11 Å². The van der Waals surface area contributed by atoms with Gasteiger partial charge in [-0.2, -0.15) is 0 Å². The van der Waals surface area contributed by atoms with Gasteiger partial charge >= 0.3 is 12.1 Å². The zero-order valence-electron chi connectivity index (χ0n) is 17.6. The lowest BCUT2D eigenvalue weighted by Crippen LogP contribution is -2.55. The van der Waals surface area contributed by atoms with Gasteiger partial charge in [0.15, 0.2) is 0 Å². The van der Waals surface area contributed by atoms with Gasteiger partial charge in [-0.3, -0.25) is 4.79 Å². The fourth-order valence-electron chi connectivity index (χ4n) is 2.46. The molecule has 0 aliphatic rings. The molecule has 1 rings (SSSR count). The predicted octanol–water partition coefficient (Wildman–Crippen LogP) is 2.83. The second kappa shape index (κ2) is 10.7. The molecule has 0 spiro atoms. The maximum atomic E-state index is 12.8. The Bertz CT molecular complexity index is 658. The van der Waals surface area contributed by atoms with Gasteiger partial charge in [0.2, 0.25) is 5.91 Å². The largest absolute Gasteiger partial charge is 0.467 e. The van der Waals surface area contributed by atoms with E-state index in [-0.39, 0.29) is 12.3 Å². The van der Waals surface area contributed by atoms with Gasteiger partial charge in [0.05, 0.1) is 7.11 Å². The van der Waals surface area contributed by atoms with Crippen LogP contribution >= 0.6 is 0 Å². The van der Waals surface area contributed by atoms with Crippen LogP contribution in [0.2, 0.25) is 0 Å². The first-order chi connectivity index (χ1) is 13.1. The van der Waals surface area contributed by atoms with Gasteiger partial charge in [-0.05, 0) is 31.7 Å². The summed E-state index contributed by atoms with van der Waals surface area (Å²) >= 11 is 0. The van der Waals surface area contributed by atoms with Crippen LogP contribution in [0.5, 0.6) is 0 Å². The Kier molecular flexibility index (Phi) is 8.96. The summed E-state index contributed by atoms with van der Waals surface area (Å²) in [6.07, 6.45) is 0.260. The van der Waals surface area contributed by atoms with Crippen LogP contribution in [-0.2, 0) is 25.5 Å². The molecular formula is C21H32N2O5. The molecule has 156 valence electrons. The molecule has 0 bridgehead atoms. The number of rotatable bonds is 9. The highest BCUT2D eigenvalue weighted by Gasteiger charge is 2.31. The number of benzene rings is 1. The number of hydrogen-bond donors (Lipinski definition) is 2. The maximum absolute atomic E-state index is 12.8. The second-order valence-electron chi connectivity index (χ2n) is 7.64. The molecule has 0 saturated heterocycles. The van der Waals surface area contributed by atoms with Crippen molar-refractivity contribution < 1.29 is 23.9 Å². The first-order valence-corrected chi connectivity index (χ1v) is 9.51. The molecule has 0 heterocycles. The highest BCUT2D eigenvalue weighted by molar-refractivity contribution is 5.90. The fraction of sp³-hybridized carbons (Fsp3) is 0.571. The number of hydrogen-bond acceptors (Lipinski definition) is 5. The summed E-state index contributed by atoms with van der Waals surface area (Å²) in [7, 11) is 1.27. The topological polar surface area (TPSA) is 93.7 Å². The second-order valence-corrected chi connectivity index (χ2v) is 7.64. The van der Waals surface area contributed by atoms with Crippen molar-refractivity contribution in [1.29, 1.82) is 0 Å². The van der Waals surface area contributed by atoms with Gasteiger partial charge in [0, 0.05) is 6.42 Å². The molecule has 0 aliphatic carbocycles.